The van der Waals surface area contributed by atoms with Crippen LogP contribution in [-0.4, -0.2) is 42.8 Å². The fourth-order valence-corrected chi connectivity index (χ4v) is 4.48. The normalized spacial score (nSPS) is 19.5. The van der Waals surface area contributed by atoms with Crippen LogP contribution >= 0.6 is 0 Å². The molecule has 1 aliphatic carbocycles. The summed E-state index contributed by atoms with van der Waals surface area (Å²) in [5, 5.41) is 5.42. The van der Waals surface area contributed by atoms with Gasteiger partial charge in [0.05, 0.1) is 12.5 Å². The zero-order valence-corrected chi connectivity index (χ0v) is 19.2. The van der Waals surface area contributed by atoms with E-state index in [4.69, 9.17) is 14.9 Å². The van der Waals surface area contributed by atoms with Crippen molar-refractivity contribution in [1.82, 2.24) is 15.5 Å². The number of amides is 5. The molecule has 3 aromatic rings. The van der Waals surface area contributed by atoms with Crippen LogP contribution in [0, 0.1) is 0 Å². The molecule has 35 heavy (non-hydrogen) atoms. The molecule has 5 amide bonds. The first-order valence-electron chi connectivity index (χ1n) is 11.1. The summed E-state index contributed by atoms with van der Waals surface area (Å²) in [6, 6.07) is 11.4. The second-order valence-electron chi connectivity index (χ2n) is 8.93. The Morgan fingerprint density at radius 3 is 2.54 bits per heavy atom. The van der Waals surface area contributed by atoms with E-state index in [1.165, 1.54) is 0 Å². The Labute approximate surface area is 200 Å². The molecule has 2 fully saturated rings. The number of nitrogens with zero attached hydrogens (tertiary/aromatic N) is 1. The van der Waals surface area contributed by atoms with Crippen molar-refractivity contribution >= 4 is 34.7 Å². The van der Waals surface area contributed by atoms with Crippen LogP contribution in [-0.2, 0) is 21.5 Å². The quantitative estimate of drug-likeness (QED) is 0.492. The van der Waals surface area contributed by atoms with Gasteiger partial charge in [-0.25, -0.2) is 4.79 Å². The number of rotatable bonds is 4. The highest BCUT2D eigenvalue weighted by atomic mass is 16.5. The monoisotopic (exact) mass is 476 g/mol. The lowest BCUT2D eigenvalue weighted by Crippen LogP contribution is -2.28. The summed E-state index contributed by atoms with van der Waals surface area (Å²) >= 11 is 0. The average Bonchev–Trinajstić information content (AvgIpc) is 3.33. The molecule has 1 saturated carbocycles. The molecule has 0 spiro atoms. The van der Waals surface area contributed by atoms with Crippen molar-refractivity contribution in [2.24, 2.45) is 5.73 Å². The minimum atomic E-state index is -0.825. The minimum Gasteiger partial charge on any atom is -0.497 e. The van der Waals surface area contributed by atoms with E-state index in [9.17, 15) is 19.2 Å². The van der Waals surface area contributed by atoms with Crippen LogP contribution in [0.4, 0.5) is 4.79 Å². The van der Waals surface area contributed by atoms with Crippen molar-refractivity contribution in [2.45, 2.75) is 30.8 Å². The number of imide groups is 1. The second kappa shape index (κ2) is 8.15. The first-order valence-corrected chi connectivity index (χ1v) is 11.1. The van der Waals surface area contributed by atoms with E-state index in [0.717, 1.165) is 40.7 Å². The van der Waals surface area contributed by atoms with Crippen molar-refractivity contribution in [3.05, 3.63) is 64.9 Å². The average molecular weight is 476 g/mol. The summed E-state index contributed by atoms with van der Waals surface area (Å²) in [6.07, 6.45) is 1.50. The van der Waals surface area contributed by atoms with Gasteiger partial charge in [0, 0.05) is 24.5 Å². The van der Waals surface area contributed by atoms with E-state index >= 15 is 0 Å². The predicted octanol–water partition coefficient (Wildman–Crippen LogP) is 2.11. The van der Waals surface area contributed by atoms with E-state index in [0.29, 0.717) is 17.9 Å². The van der Waals surface area contributed by atoms with Crippen LogP contribution in [0.3, 0.4) is 0 Å². The number of nitrogens with one attached hydrogen (secondary N) is 2. The number of fused-ring (bicyclic) bond motifs is 2. The third-order valence-corrected chi connectivity index (χ3v) is 6.67. The summed E-state index contributed by atoms with van der Waals surface area (Å²) in [7, 11) is 3.40. The van der Waals surface area contributed by atoms with Crippen LogP contribution in [0.25, 0.3) is 11.0 Å². The van der Waals surface area contributed by atoms with Crippen molar-refractivity contribution in [2.75, 3.05) is 14.2 Å². The van der Waals surface area contributed by atoms with Crippen LogP contribution in [0.2, 0.25) is 0 Å². The third kappa shape index (κ3) is 3.86. The van der Waals surface area contributed by atoms with Gasteiger partial charge in [-0.3, -0.25) is 19.7 Å². The molecule has 1 saturated heterocycles. The van der Waals surface area contributed by atoms with Gasteiger partial charge in [-0.05, 0) is 54.3 Å². The molecular weight excluding hydrogens is 452 g/mol. The van der Waals surface area contributed by atoms with Gasteiger partial charge in [0.25, 0.3) is 11.8 Å². The standard InChI is InChI=1S/C15H13N3O4.C10H11NO2/c16-13(20)15(3-4-15)8-1-2-9-7(5-8)6-10(22-9)11-12(19)18-14(21)17-11;1-11-6-7-3-4-8(13-2)5-9(7)10(11)12/h1-2,5-6,11H,3-4H2,(H2,16,20)(H2,17,18,19,21);3-5H,6H2,1-2H3. The smallest absolute Gasteiger partial charge is 0.322 e. The molecule has 10 nitrogen and oxygen atoms in total. The highest BCUT2D eigenvalue weighted by Gasteiger charge is 2.50. The molecule has 4 N–H and O–H groups in total. The Bertz CT molecular complexity index is 1390. The second-order valence-corrected chi connectivity index (χ2v) is 8.93. The Morgan fingerprint density at radius 2 is 1.91 bits per heavy atom. The van der Waals surface area contributed by atoms with Crippen LogP contribution in [0.15, 0.2) is 46.9 Å². The number of benzene rings is 2. The van der Waals surface area contributed by atoms with Crippen molar-refractivity contribution in [3.63, 3.8) is 0 Å². The Hall–Kier alpha value is -4.34. The highest BCUT2D eigenvalue weighted by molar-refractivity contribution is 6.04. The van der Waals surface area contributed by atoms with Crippen molar-refractivity contribution in [3.8, 4) is 5.75 Å². The number of carbonyl (C=O) groups excluding carboxylic acids is 4. The lowest BCUT2D eigenvalue weighted by molar-refractivity contribution is -0.121. The van der Waals surface area contributed by atoms with Gasteiger partial charge in [-0.1, -0.05) is 12.1 Å². The summed E-state index contributed by atoms with van der Waals surface area (Å²) < 4.78 is 10.7. The van der Waals surface area contributed by atoms with E-state index in [2.05, 4.69) is 10.6 Å². The molecule has 6 rings (SSSR count). The van der Waals surface area contributed by atoms with E-state index in [1.54, 1.807) is 37.3 Å². The highest BCUT2D eigenvalue weighted by Crippen LogP contribution is 2.48. The van der Waals surface area contributed by atoms with Crippen LogP contribution < -0.4 is 21.1 Å². The third-order valence-electron chi connectivity index (χ3n) is 6.67. The SMILES string of the molecule is COc1ccc2c(c1)C(=O)N(C)C2.NC(=O)C1(c2ccc3oc(C4NC(=O)NC4=O)cc3c2)CC1. The number of methoxy groups -OCH3 is 1. The summed E-state index contributed by atoms with van der Waals surface area (Å²) in [6.45, 7) is 0.707. The number of carbonyl (C=O) groups is 4. The number of hydrogen-bond donors (Lipinski definition) is 3. The van der Waals surface area contributed by atoms with Gasteiger partial charge in [0.1, 0.15) is 17.1 Å². The summed E-state index contributed by atoms with van der Waals surface area (Å²) in [5.74, 6) is 0.411. The molecule has 3 aliphatic rings. The van der Waals surface area contributed by atoms with E-state index < -0.39 is 23.4 Å². The number of ether oxygens (including phenoxy) is 1. The lowest BCUT2D eigenvalue weighted by atomic mass is 9.94. The van der Waals surface area contributed by atoms with Crippen LogP contribution in [0.5, 0.6) is 5.75 Å². The van der Waals surface area contributed by atoms with Crippen LogP contribution in [0.1, 0.15) is 46.1 Å². The van der Waals surface area contributed by atoms with Gasteiger partial charge in [-0.15, -0.1) is 0 Å². The Kier molecular flexibility index (Phi) is 5.23. The maximum Gasteiger partial charge on any atom is 0.322 e. The Balaban J connectivity index is 0.000000166. The number of furan rings is 1. The largest absolute Gasteiger partial charge is 0.497 e. The van der Waals surface area contributed by atoms with E-state index in [1.807, 2.05) is 24.3 Å². The van der Waals surface area contributed by atoms with Gasteiger partial charge < -0.3 is 25.1 Å². The predicted molar refractivity (Wildman–Crippen MR) is 125 cm³/mol. The minimum absolute atomic E-state index is 0.0777. The number of nitrogens with two attached hydrogens (primary N) is 1. The summed E-state index contributed by atoms with van der Waals surface area (Å²) in [4.78, 5) is 47.7. The fraction of sp³-hybridized carbons (Fsp3) is 0.280. The molecule has 0 bridgehead atoms. The number of urea groups is 1. The van der Waals surface area contributed by atoms with Gasteiger partial charge in [0.15, 0.2) is 6.04 Å². The van der Waals surface area contributed by atoms with Crippen molar-refractivity contribution < 1.29 is 28.3 Å². The first kappa shape index (κ1) is 22.5. The van der Waals surface area contributed by atoms with Gasteiger partial charge >= 0.3 is 6.03 Å². The topological polar surface area (TPSA) is 144 Å². The molecule has 180 valence electrons. The number of primary amides is 1. The maximum atomic E-state index is 11.7. The molecule has 1 unspecified atom stereocenters. The van der Waals surface area contributed by atoms with Gasteiger partial charge in [0.2, 0.25) is 5.91 Å². The Morgan fingerprint density at radius 1 is 1.14 bits per heavy atom. The summed E-state index contributed by atoms with van der Waals surface area (Å²) in [5.41, 5.74) is 8.21. The lowest BCUT2D eigenvalue weighted by Gasteiger charge is -2.10. The molecular formula is C25H24N4O6. The maximum absolute atomic E-state index is 11.7. The zero-order valence-electron chi connectivity index (χ0n) is 19.2. The number of hydrogen-bond acceptors (Lipinski definition) is 6. The molecule has 3 heterocycles. The first-order chi connectivity index (χ1) is 16.7. The molecule has 2 aromatic carbocycles. The van der Waals surface area contributed by atoms with Crippen molar-refractivity contribution in [1.29, 1.82) is 0 Å². The molecule has 1 aromatic heterocycles. The molecule has 2 aliphatic heterocycles. The molecule has 0 radical (unpaired) electrons. The van der Waals surface area contributed by atoms with Gasteiger partial charge in [-0.2, -0.15) is 0 Å². The molecule has 10 heteroatoms. The molecule has 1 atom stereocenters. The fourth-order valence-electron chi connectivity index (χ4n) is 4.48. The van der Waals surface area contributed by atoms with E-state index in [-0.39, 0.29) is 11.8 Å². The zero-order chi connectivity index (χ0) is 24.9.